The highest BCUT2D eigenvalue weighted by atomic mass is 35.5. The third-order valence-electron chi connectivity index (χ3n) is 6.46. The topological polar surface area (TPSA) is 0 Å². The fourth-order valence-corrected chi connectivity index (χ4v) is 5.33. The monoisotopic (exact) mass is 348 g/mol. The molecule has 2 saturated carbocycles. The molecule has 2 aliphatic carbocycles. The van der Waals surface area contributed by atoms with Crippen molar-refractivity contribution in [2.24, 2.45) is 17.8 Å². The van der Waals surface area contributed by atoms with E-state index < -0.39 is 0 Å². The minimum absolute atomic E-state index is 0.224. The van der Waals surface area contributed by atoms with E-state index in [9.17, 15) is 4.39 Å². The summed E-state index contributed by atoms with van der Waals surface area (Å²) in [5.74, 6) is 2.83. The van der Waals surface area contributed by atoms with Gasteiger partial charge in [-0.2, -0.15) is 0 Å². The van der Waals surface area contributed by atoms with E-state index in [2.05, 4.69) is 19.1 Å². The molecule has 0 unspecified atom stereocenters. The van der Waals surface area contributed by atoms with Crippen LogP contribution < -0.4 is 0 Å². The van der Waals surface area contributed by atoms with Gasteiger partial charge in [-0.1, -0.05) is 35.9 Å². The van der Waals surface area contributed by atoms with Crippen molar-refractivity contribution in [3.8, 4) is 0 Å². The van der Waals surface area contributed by atoms with Crippen LogP contribution in [-0.4, -0.2) is 0 Å². The fourth-order valence-electron chi connectivity index (χ4n) is 4.96. The van der Waals surface area contributed by atoms with Crippen molar-refractivity contribution < 1.29 is 4.39 Å². The third-order valence-corrected chi connectivity index (χ3v) is 6.85. The highest BCUT2D eigenvalue weighted by molar-refractivity contribution is 6.31. The predicted octanol–water partition coefficient (Wildman–Crippen LogP) is 7.44. The fraction of sp³-hybridized carbons (Fsp3) is 0.636. The largest absolute Gasteiger partial charge is 0.205 e. The van der Waals surface area contributed by atoms with Crippen LogP contribution in [0.4, 0.5) is 4.39 Å². The summed E-state index contributed by atoms with van der Waals surface area (Å²) in [6.07, 6.45) is 15.0. The van der Waals surface area contributed by atoms with Gasteiger partial charge in [0.05, 0.1) is 5.02 Å². The van der Waals surface area contributed by atoms with E-state index in [4.69, 9.17) is 11.6 Å². The smallest absolute Gasteiger partial charge is 0.144 e. The van der Waals surface area contributed by atoms with Crippen LogP contribution in [0.2, 0.25) is 5.02 Å². The van der Waals surface area contributed by atoms with Gasteiger partial charge in [0, 0.05) is 0 Å². The highest BCUT2D eigenvalue weighted by Gasteiger charge is 2.31. The van der Waals surface area contributed by atoms with Crippen LogP contribution in [0, 0.1) is 30.5 Å². The lowest BCUT2D eigenvalue weighted by atomic mass is 9.68. The predicted molar refractivity (Wildman–Crippen MR) is 101 cm³/mol. The Morgan fingerprint density at radius 2 is 1.54 bits per heavy atom. The average Bonchev–Trinajstić information content (AvgIpc) is 2.61. The molecule has 2 fully saturated rings. The van der Waals surface area contributed by atoms with Gasteiger partial charge < -0.3 is 0 Å². The average molecular weight is 349 g/mol. The van der Waals surface area contributed by atoms with Gasteiger partial charge in [0.15, 0.2) is 0 Å². The van der Waals surface area contributed by atoms with Gasteiger partial charge >= 0.3 is 0 Å². The van der Waals surface area contributed by atoms with E-state index in [1.807, 2.05) is 12.1 Å². The van der Waals surface area contributed by atoms with Gasteiger partial charge in [0.25, 0.3) is 0 Å². The second-order valence-corrected chi connectivity index (χ2v) is 8.29. The lowest BCUT2D eigenvalue weighted by molar-refractivity contribution is 0.171. The molecule has 24 heavy (non-hydrogen) atoms. The Bertz CT molecular complexity index is 576. The minimum atomic E-state index is -0.224. The maximum Gasteiger partial charge on any atom is 0.144 e. The normalized spacial score (nSPS) is 31.5. The molecular weight excluding hydrogens is 319 g/mol. The molecule has 0 aromatic heterocycles. The lowest BCUT2D eigenvalue weighted by Gasteiger charge is -2.37. The van der Waals surface area contributed by atoms with Crippen molar-refractivity contribution in [3.05, 3.63) is 46.3 Å². The molecule has 132 valence electrons. The van der Waals surface area contributed by atoms with Crippen molar-refractivity contribution in [1.82, 2.24) is 0 Å². The number of aryl methyl sites for hydroxylation is 1. The molecule has 0 atom stereocenters. The lowest BCUT2D eigenvalue weighted by Crippen LogP contribution is -2.25. The van der Waals surface area contributed by atoms with E-state index in [0.717, 1.165) is 23.3 Å². The standard InChI is InChI=1S/C22H30ClF/c1-3-4-16-6-8-17(9-7-16)18-10-12-19(13-11-18)20-14-5-15(2)22(24)21(20)23/h3-5,14,16-19H,6-13H2,1-2H3/b4-3+. The van der Waals surface area contributed by atoms with Crippen molar-refractivity contribution in [2.75, 3.05) is 0 Å². The van der Waals surface area contributed by atoms with Crippen LogP contribution in [-0.2, 0) is 0 Å². The van der Waals surface area contributed by atoms with E-state index in [0.29, 0.717) is 16.5 Å². The maximum absolute atomic E-state index is 14.1. The first-order chi connectivity index (χ1) is 11.6. The molecule has 0 nitrogen and oxygen atoms in total. The molecule has 0 amide bonds. The van der Waals surface area contributed by atoms with Gasteiger partial charge in [-0.3, -0.25) is 0 Å². The zero-order chi connectivity index (χ0) is 17.1. The molecule has 0 saturated heterocycles. The Morgan fingerprint density at radius 1 is 0.958 bits per heavy atom. The number of rotatable bonds is 3. The highest BCUT2D eigenvalue weighted by Crippen LogP contribution is 2.45. The summed E-state index contributed by atoms with van der Waals surface area (Å²) in [5.41, 5.74) is 1.69. The van der Waals surface area contributed by atoms with Crippen LogP contribution in [0.3, 0.4) is 0 Å². The zero-order valence-corrected chi connectivity index (χ0v) is 15.8. The first-order valence-corrected chi connectivity index (χ1v) is 10.0. The number of allylic oxidation sites excluding steroid dienone is 2. The van der Waals surface area contributed by atoms with E-state index in [-0.39, 0.29) is 5.82 Å². The molecule has 0 N–H and O–H groups in total. The summed E-state index contributed by atoms with van der Waals surface area (Å²) >= 11 is 6.28. The number of halogens is 2. The van der Waals surface area contributed by atoms with Crippen LogP contribution >= 0.6 is 11.6 Å². The molecule has 1 aromatic carbocycles. The second kappa shape index (κ2) is 8.04. The Hall–Kier alpha value is -0.820. The summed E-state index contributed by atoms with van der Waals surface area (Å²) in [6.45, 7) is 3.92. The van der Waals surface area contributed by atoms with Crippen LogP contribution in [0.15, 0.2) is 24.3 Å². The van der Waals surface area contributed by atoms with E-state index in [1.54, 1.807) is 6.92 Å². The number of hydrogen-bond acceptors (Lipinski definition) is 0. The number of benzene rings is 1. The summed E-state index contributed by atoms with van der Waals surface area (Å²) in [7, 11) is 0. The summed E-state index contributed by atoms with van der Waals surface area (Å²) in [6, 6.07) is 3.93. The summed E-state index contributed by atoms with van der Waals surface area (Å²) in [4.78, 5) is 0. The molecule has 0 heterocycles. The SMILES string of the molecule is C/C=C/C1CCC(C2CCC(c3ccc(C)c(F)c3Cl)CC2)CC1. The molecule has 0 aliphatic heterocycles. The molecule has 0 spiro atoms. The Labute approximate surface area is 151 Å². The number of hydrogen-bond donors (Lipinski definition) is 0. The molecule has 2 aliphatic rings. The first-order valence-electron chi connectivity index (χ1n) is 9.67. The Morgan fingerprint density at radius 3 is 2.12 bits per heavy atom. The van der Waals surface area contributed by atoms with Crippen molar-refractivity contribution in [2.45, 2.75) is 71.1 Å². The molecular formula is C22H30ClF. The van der Waals surface area contributed by atoms with Crippen LogP contribution in [0.25, 0.3) is 0 Å². The molecule has 3 rings (SSSR count). The van der Waals surface area contributed by atoms with Crippen molar-refractivity contribution in [1.29, 1.82) is 0 Å². The van der Waals surface area contributed by atoms with Crippen LogP contribution in [0.1, 0.15) is 75.3 Å². The molecule has 0 bridgehead atoms. The summed E-state index contributed by atoms with van der Waals surface area (Å²) < 4.78 is 14.1. The second-order valence-electron chi connectivity index (χ2n) is 7.91. The van der Waals surface area contributed by atoms with Gasteiger partial charge in [0.1, 0.15) is 5.82 Å². The van der Waals surface area contributed by atoms with Gasteiger partial charge in [-0.05, 0) is 100 Å². The van der Waals surface area contributed by atoms with Gasteiger partial charge in [-0.25, -0.2) is 4.39 Å². The van der Waals surface area contributed by atoms with Crippen molar-refractivity contribution >= 4 is 11.6 Å². The maximum atomic E-state index is 14.1. The van der Waals surface area contributed by atoms with Gasteiger partial charge in [0.2, 0.25) is 0 Å². The minimum Gasteiger partial charge on any atom is -0.205 e. The Kier molecular flexibility index (Phi) is 6.02. The first kappa shape index (κ1) is 18.0. The Balaban J connectivity index is 1.56. The molecule has 1 aromatic rings. The van der Waals surface area contributed by atoms with E-state index >= 15 is 0 Å². The van der Waals surface area contributed by atoms with E-state index in [1.165, 1.54) is 51.4 Å². The van der Waals surface area contributed by atoms with Crippen molar-refractivity contribution in [3.63, 3.8) is 0 Å². The third kappa shape index (κ3) is 3.87. The zero-order valence-electron chi connectivity index (χ0n) is 15.0. The van der Waals surface area contributed by atoms with Crippen LogP contribution in [0.5, 0.6) is 0 Å². The quantitative estimate of drug-likeness (QED) is 0.498. The summed E-state index contributed by atoms with van der Waals surface area (Å²) in [5, 5.41) is 0.366. The van der Waals surface area contributed by atoms with Gasteiger partial charge in [-0.15, -0.1) is 0 Å². The molecule has 2 heteroatoms. The molecule has 0 radical (unpaired) electrons.